The van der Waals surface area contributed by atoms with Crippen molar-refractivity contribution >= 4 is 0 Å². The molecular formula is C15H13F3O. The summed E-state index contributed by atoms with van der Waals surface area (Å²) in [4.78, 5) is 0. The Labute approximate surface area is 109 Å². The number of hydrogen-bond donors (Lipinski definition) is 0. The molecule has 2 rings (SSSR count). The van der Waals surface area contributed by atoms with Crippen molar-refractivity contribution in [3.8, 4) is 5.75 Å². The average molecular weight is 266 g/mol. The summed E-state index contributed by atoms with van der Waals surface area (Å²) in [5.41, 5.74) is 0.822. The first-order chi connectivity index (χ1) is 8.97. The second kappa shape index (κ2) is 5.34. The van der Waals surface area contributed by atoms with Crippen molar-refractivity contribution < 1.29 is 17.9 Å². The first-order valence-electron chi connectivity index (χ1n) is 5.81. The molecule has 0 N–H and O–H groups in total. The lowest BCUT2D eigenvalue weighted by molar-refractivity contribution is -0.139. The van der Waals surface area contributed by atoms with E-state index in [0.29, 0.717) is 0 Å². The maximum Gasteiger partial charge on any atom is 0.419 e. The monoisotopic (exact) mass is 266 g/mol. The van der Waals surface area contributed by atoms with E-state index in [0.717, 1.165) is 17.2 Å². The summed E-state index contributed by atoms with van der Waals surface area (Å²) in [6, 6.07) is 13.0. The Kier molecular flexibility index (Phi) is 3.79. The second-order valence-corrected chi connectivity index (χ2v) is 4.27. The van der Waals surface area contributed by atoms with Crippen LogP contribution in [0.5, 0.6) is 5.75 Å². The molecule has 0 spiro atoms. The van der Waals surface area contributed by atoms with Crippen LogP contribution in [-0.4, -0.2) is 0 Å². The van der Waals surface area contributed by atoms with E-state index in [1.165, 1.54) is 12.1 Å². The minimum Gasteiger partial charge on any atom is -0.488 e. The van der Waals surface area contributed by atoms with Gasteiger partial charge in [-0.1, -0.05) is 36.4 Å². The Bertz CT molecular complexity index is 547. The fourth-order valence-corrected chi connectivity index (χ4v) is 1.72. The molecule has 0 radical (unpaired) electrons. The van der Waals surface area contributed by atoms with E-state index < -0.39 is 11.7 Å². The lowest BCUT2D eigenvalue weighted by Crippen LogP contribution is -2.09. The van der Waals surface area contributed by atoms with Crippen LogP contribution >= 0.6 is 0 Å². The van der Waals surface area contributed by atoms with Crippen molar-refractivity contribution in [3.05, 3.63) is 65.2 Å². The minimum absolute atomic E-state index is 0.118. The highest BCUT2D eigenvalue weighted by Gasteiger charge is 2.34. The predicted molar refractivity (Wildman–Crippen MR) is 67.0 cm³/mol. The SMILES string of the molecule is Cc1ccc(C(F)(F)F)c(OCc2ccccc2)c1. The molecular weight excluding hydrogens is 253 g/mol. The molecule has 0 heterocycles. The molecule has 0 aliphatic carbocycles. The van der Waals surface area contributed by atoms with Gasteiger partial charge in [0.15, 0.2) is 0 Å². The normalized spacial score (nSPS) is 11.4. The van der Waals surface area contributed by atoms with Gasteiger partial charge >= 0.3 is 6.18 Å². The molecule has 0 unspecified atom stereocenters. The van der Waals surface area contributed by atoms with Crippen LogP contribution in [0.2, 0.25) is 0 Å². The molecule has 0 saturated carbocycles. The van der Waals surface area contributed by atoms with Crippen LogP contribution in [0.1, 0.15) is 16.7 Å². The Morgan fingerprint density at radius 2 is 1.68 bits per heavy atom. The lowest BCUT2D eigenvalue weighted by Gasteiger charge is -2.14. The van der Waals surface area contributed by atoms with Gasteiger partial charge < -0.3 is 4.74 Å². The largest absolute Gasteiger partial charge is 0.488 e. The fraction of sp³-hybridized carbons (Fsp3) is 0.200. The molecule has 2 aromatic carbocycles. The first kappa shape index (κ1) is 13.5. The molecule has 0 saturated heterocycles. The van der Waals surface area contributed by atoms with Crippen LogP contribution in [-0.2, 0) is 12.8 Å². The summed E-state index contributed by atoms with van der Waals surface area (Å²) in [6.45, 7) is 1.85. The summed E-state index contributed by atoms with van der Waals surface area (Å²) in [7, 11) is 0. The quantitative estimate of drug-likeness (QED) is 0.789. The lowest BCUT2D eigenvalue weighted by atomic mass is 10.1. The summed E-state index contributed by atoms with van der Waals surface area (Å²) in [6.07, 6.45) is -4.40. The zero-order valence-electron chi connectivity index (χ0n) is 10.4. The van der Waals surface area contributed by atoms with Crippen LogP contribution in [0.15, 0.2) is 48.5 Å². The van der Waals surface area contributed by atoms with Crippen molar-refractivity contribution in [2.45, 2.75) is 19.7 Å². The highest BCUT2D eigenvalue weighted by atomic mass is 19.4. The molecule has 0 bridgehead atoms. The summed E-state index contributed by atoms with van der Waals surface area (Å²) in [5, 5.41) is 0. The molecule has 1 nitrogen and oxygen atoms in total. The Balaban J connectivity index is 2.22. The molecule has 0 amide bonds. The summed E-state index contributed by atoms with van der Waals surface area (Å²) < 4.78 is 43.8. The molecule has 0 aromatic heterocycles. The van der Waals surface area contributed by atoms with Gasteiger partial charge in [0, 0.05) is 0 Å². The number of benzene rings is 2. The zero-order valence-corrected chi connectivity index (χ0v) is 10.4. The number of ether oxygens (including phenoxy) is 1. The second-order valence-electron chi connectivity index (χ2n) is 4.27. The maximum absolute atomic E-state index is 12.8. The molecule has 0 aliphatic rings. The third-order valence-electron chi connectivity index (χ3n) is 2.68. The average Bonchev–Trinajstić information content (AvgIpc) is 2.36. The van der Waals surface area contributed by atoms with Crippen LogP contribution in [0, 0.1) is 6.92 Å². The summed E-state index contributed by atoms with van der Waals surface area (Å²) in [5.74, 6) is -0.128. The van der Waals surface area contributed by atoms with E-state index in [-0.39, 0.29) is 12.4 Å². The van der Waals surface area contributed by atoms with Crippen LogP contribution < -0.4 is 4.74 Å². The number of rotatable bonds is 3. The van der Waals surface area contributed by atoms with Crippen LogP contribution in [0.25, 0.3) is 0 Å². The predicted octanol–water partition coefficient (Wildman–Crippen LogP) is 4.59. The molecule has 100 valence electrons. The molecule has 2 aromatic rings. The third-order valence-corrected chi connectivity index (χ3v) is 2.68. The maximum atomic E-state index is 12.8. The molecule has 0 atom stereocenters. The van der Waals surface area contributed by atoms with Crippen molar-refractivity contribution in [1.82, 2.24) is 0 Å². The van der Waals surface area contributed by atoms with Crippen molar-refractivity contribution in [1.29, 1.82) is 0 Å². The Hall–Kier alpha value is -1.97. The topological polar surface area (TPSA) is 9.23 Å². The van der Waals surface area contributed by atoms with Gasteiger partial charge in [0.25, 0.3) is 0 Å². The van der Waals surface area contributed by atoms with Crippen molar-refractivity contribution in [2.24, 2.45) is 0 Å². The molecule has 0 aliphatic heterocycles. The molecule has 19 heavy (non-hydrogen) atoms. The number of aryl methyl sites for hydroxylation is 1. The fourth-order valence-electron chi connectivity index (χ4n) is 1.72. The zero-order chi connectivity index (χ0) is 13.9. The van der Waals surface area contributed by atoms with Crippen LogP contribution in [0.3, 0.4) is 0 Å². The van der Waals surface area contributed by atoms with E-state index in [4.69, 9.17) is 4.74 Å². The molecule has 4 heteroatoms. The highest BCUT2D eigenvalue weighted by molar-refractivity contribution is 5.39. The van der Waals surface area contributed by atoms with Gasteiger partial charge in [-0.05, 0) is 30.2 Å². The minimum atomic E-state index is -4.40. The third kappa shape index (κ3) is 3.50. The van der Waals surface area contributed by atoms with Crippen LogP contribution in [0.4, 0.5) is 13.2 Å². The molecule has 0 fully saturated rings. The van der Waals surface area contributed by atoms with Gasteiger partial charge in [-0.2, -0.15) is 13.2 Å². The standard InChI is InChI=1S/C15H13F3O/c1-11-7-8-13(15(16,17)18)14(9-11)19-10-12-5-3-2-4-6-12/h2-9H,10H2,1H3. The van der Waals surface area contributed by atoms with Gasteiger partial charge in [0.2, 0.25) is 0 Å². The van der Waals surface area contributed by atoms with Crippen molar-refractivity contribution in [2.75, 3.05) is 0 Å². The van der Waals surface area contributed by atoms with E-state index in [1.807, 2.05) is 30.3 Å². The summed E-state index contributed by atoms with van der Waals surface area (Å²) >= 11 is 0. The van der Waals surface area contributed by atoms with Gasteiger partial charge in [-0.15, -0.1) is 0 Å². The number of hydrogen-bond acceptors (Lipinski definition) is 1. The van der Waals surface area contributed by atoms with Gasteiger partial charge in [0.1, 0.15) is 12.4 Å². The first-order valence-corrected chi connectivity index (χ1v) is 5.81. The van der Waals surface area contributed by atoms with Gasteiger partial charge in [-0.3, -0.25) is 0 Å². The van der Waals surface area contributed by atoms with E-state index in [1.54, 1.807) is 6.92 Å². The van der Waals surface area contributed by atoms with Gasteiger partial charge in [-0.25, -0.2) is 0 Å². The smallest absolute Gasteiger partial charge is 0.419 e. The van der Waals surface area contributed by atoms with Gasteiger partial charge in [0.05, 0.1) is 5.56 Å². The van der Waals surface area contributed by atoms with E-state index >= 15 is 0 Å². The van der Waals surface area contributed by atoms with E-state index in [9.17, 15) is 13.2 Å². The Morgan fingerprint density at radius 3 is 2.32 bits per heavy atom. The number of alkyl halides is 3. The van der Waals surface area contributed by atoms with E-state index in [2.05, 4.69) is 0 Å². The van der Waals surface area contributed by atoms with Crippen molar-refractivity contribution in [3.63, 3.8) is 0 Å². The Morgan fingerprint density at radius 1 is 1.00 bits per heavy atom. The number of halogens is 3. The highest BCUT2D eigenvalue weighted by Crippen LogP contribution is 2.36.